The van der Waals surface area contributed by atoms with Crippen molar-refractivity contribution >= 4 is 61.4 Å². The second-order valence-electron chi connectivity index (χ2n) is 7.61. The summed E-state index contributed by atoms with van der Waals surface area (Å²) < 4.78 is 68.1. The minimum absolute atomic E-state index is 0.144. The van der Waals surface area contributed by atoms with E-state index in [4.69, 9.17) is 11.6 Å². The lowest BCUT2D eigenvalue weighted by Crippen LogP contribution is -2.38. The maximum atomic E-state index is 13.4. The lowest BCUT2D eigenvalue weighted by atomic mass is 10.2. The Balaban J connectivity index is 1.92. The Morgan fingerprint density at radius 3 is 2.49 bits per heavy atom. The Labute approximate surface area is 213 Å². The van der Waals surface area contributed by atoms with Crippen LogP contribution in [0, 0.1) is 5.92 Å². The normalized spacial score (nSPS) is 12.1. The molecule has 7 nitrogen and oxygen atoms in total. The summed E-state index contributed by atoms with van der Waals surface area (Å²) in [6.45, 7) is 3.28. The minimum atomic E-state index is -4.83. The number of hydrogen-bond donors (Lipinski definition) is 1. The zero-order valence-corrected chi connectivity index (χ0v) is 21.6. The smallest absolute Gasteiger partial charge is 0.299 e. The number of nitrogens with one attached hydrogen (secondary N) is 1. The van der Waals surface area contributed by atoms with E-state index in [1.165, 1.54) is 36.0 Å². The molecule has 0 aliphatic carbocycles. The van der Waals surface area contributed by atoms with Gasteiger partial charge in [0.1, 0.15) is 6.54 Å². The zero-order valence-electron chi connectivity index (χ0n) is 18.4. The van der Waals surface area contributed by atoms with Crippen LogP contribution in [-0.2, 0) is 21.0 Å². The van der Waals surface area contributed by atoms with E-state index in [1.54, 1.807) is 6.07 Å². The number of sulfonamides is 1. The predicted octanol–water partition coefficient (Wildman–Crippen LogP) is 5.79. The summed E-state index contributed by atoms with van der Waals surface area (Å²) in [5, 5.41) is 9.86. The van der Waals surface area contributed by atoms with Gasteiger partial charge in [-0.15, -0.1) is 10.2 Å². The van der Waals surface area contributed by atoms with E-state index in [-0.39, 0.29) is 15.7 Å². The molecule has 14 heteroatoms. The van der Waals surface area contributed by atoms with Crippen molar-refractivity contribution in [1.82, 2.24) is 10.2 Å². The van der Waals surface area contributed by atoms with Crippen molar-refractivity contribution in [2.24, 2.45) is 5.92 Å². The zero-order chi connectivity index (χ0) is 25.8. The van der Waals surface area contributed by atoms with Gasteiger partial charge in [0.2, 0.25) is 11.0 Å². The molecule has 0 fully saturated rings. The lowest BCUT2D eigenvalue weighted by Gasteiger charge is -2.25. The van der Waals surface area contributed by atoms with Crippen molar-refractivity contribution in [2.45, 2.75) is 29.3 Å². The first-order valence-corrected chi connectivity index (χ1v) is 13.7. The molecule has 0 saturated carbocycles. The highest BCUT2D eigenvalue weighted by Gasteiger charge is 2.35. The first kappa shape index (κ1) is 27.2. The summed E-state index contributed by atoms with van der Waals surface area (Å²) in [6.07, 6.45) is -4.83. The van der Waals surface area contributed by atoms with Gasteiger partial charge in [0.05, 0.1) is 21.2 Å². The molecule has 0 atom stereocenters. The first-order chi connectivity index (χ1) is 16.4. The third kappa shape index (κ3) is 7.09. The molecule has 1 N–H and O–H groups in total. The summed E-state index contributed by atoms with van der Waals surface area (Å²) in [5.41, 5.74) is -1.59. The molecule has 0 aliphatic heterocycles. The van der Waals surface area contributed by atoms with Gasteiger partial charge in [-0.3, -0.25) is 14.4 Å². The molecule has 0 saturated heterocycles. The number of thioether (sulfide) groups is 1. The molecule has 0 unspecified atom stereocenters. The number of alkyl halides is 3. The molecule has 1 heterocycles. The van der Waals surface area contributed by atoms with Crippen molar-refractivity contribution in [2.75, 3.05) is 21.9 Å². The number of aromatic nitrogens is 2. The van der Waals surface area contributed by atoms with E-state index < -0.39 is 39.2 Å². The van der Waals surface area contributed by atoms with Crippen LogP contribution in [0.15, 0.2) is 57.8 Å². The monoisotopic (exact) mass is 564 g/mol. The average molecular weight is 565 g/mol. The van der Waals surface area contributed by atoms with Crippen molar-refractivity contribution < 1.29 is 26.4 Å². The number of halogens is 4. The number of amides is 1. The molecule has 0 bridgehead atoms. The highest BCUT2D eigenvalue weighted by molar-refractivity contribution is 8.01. The van der Waals surface area contributed by atoms with Gasteiger partial charge in [0, 0.05) is 5.75 Å². The summed E-state index contributed by atoms with van der Waals surface area (Å²) in [4.78, 5) is 12.6. The molecule has 0 radical (unpaired) electrons. The molecule has 0 aliphatic rings. The van der Waals surface area contributed by atoms with Crippen molar-refractivity contribution in [1.29, 1.82) is 0 Å². The molecule has 3 aromatic rings. The highest BCUT2D eigenvalue weighted by atomic mass is 35.5. The predicted molar refractivity (Wildman–Crippen MR) is 132 cm³/mol. The van der Waals surface area contributed by atoms with Crippen LogP contribution in [0.25, 0.3) is 0 Å². The van der Waals surface area contributed by atoms with Crippen molar-refractivity contribution in [3.63, 3.8) is 0 Å². The van der Waals surface area contributed by atoms with E-state index in [9.17, 15) is 26.4 Å². The van der Waals surface area contributed by atoms with Crippen LogP contribution in [0.2, 0.25) is 5.02 Å². The molecule has 188 valence electrons. The molecule has 1 aromatic heterocycles. The fraction of sp³-hybridized carbons (Fsp3) is 0.286. The van der Waals surface area contributed by atoms with Gasteiger partial charge in [-0.2, -0.15) is 13.2 Å². The summed E-state index contributed by atoms with van der Waals surface area (Å²) in [6, 6.07) is 9.72. The number of carbonyl (C=O) groups excluding carboxylic acids is 1. The Morgan fingerprint density at radius 2 is 1.86 bits per heavy atom. The quantitative estimate of drug-likeness (QED) is 0.261. The molecule has 3 rings (SSSR count). The standard InChI is InChI=1S/C21H20ClF3N4O3S3/c1-13(2)12-33-20-28-27-19(34-20)26-18(30)11-29(35(31,32)15-6-4-3-5-7-15)14-8-9-17(22)16(10-14)21(23,24)25/h3-10,13H,11-12H2,1-2H3,(H,26,27,30). The molecule has 35 heavy (non-hydrogen) atoms. The molecule has 0 spiro atoms. The van der Waals surface area contributed by atoms with Crippen LogP contribution in [0.4, 0.5) is 24.0 Å². The molecule has 1 amide bonds. The summed E-state index contributed by atoms with van der Waals surface area (Å²) >= 11 is 8.27. The number of benzene rings is 2. The number of nitrogens with zero attached hydrogens (tertiary/aromatic N) is 3. The van der Waals surface area contributed by atoms with Crippen molar-refractivity contribution in [3.8, 4) is 0 Å². The maximum absolute atomic E-state index is 13.4. The third-order valence-electron chi connectivity index (χ3n) is 4.35. The van der Waals surface area contributed by atoms with Gasteiger partial charge in [0.25, 0.3) is 10.0 Å². The number of rotatable bonds is 9. The maximum Gasteiger partial charge on any atom is 0.417 e. The SMILES string of the molecule is CC(C)CSc1nnc(NC(=O)CN(c2ccc(Cl)c(C(F)(F)F)c2)S(=O)(=O)c2ccccc2)s1. The number of anilines is 2. The summed E-state index contributed by atoms with van der Waals surface area (Å²) in [7, 11) is -4.40. The van der Waals surface area contributed by atoms with Gasteiger partial charge in [0.15, 0.2) is 4.34 Å². The first-order valence-electron chi connectivity index (χ1n) is 10.1. The van der Waals surface area contributed by atoms with Gasteiger partial charge in [-0.05, 0) is 36.2 Å². The molecular formula is C21H20ClF3N4O3S3. The van der Waals surface area contributed by atoms with Crippen LogP contribution >= 0.6 is 34.7 Å². The van der Waals surface area contributed by atoms with Gasteiger partial charge < -0.3 is 0 Å². The van der Waals surface area contributed by atoms with E-state index in [1.807, 2.05) is 13.8 Å². The largest absolute Gasteiger partial charge is 0.417 e. The second-order valence-corrected chi connectivity index (χ2v) is 12.1. The third-order valence-corrected chi connectivity index (χ3v) is 8.87. The Bertz CT molecular complexity index is 1290. The Kier molecular flexibility index (Phi) is 8.67. The van der Waals surface area contributed by atoms with Crippen LogP contribution in [0.3, 0.4) is 0 Å². The van der Waals surface area contributed by atoms with Crippen LogP contribution < -0.4 is 9.62 Å². The minimum Gasteiger partial charge on any atom is -0.299 e. The van der Waals surface area contributed by atoms with Crippen molar-refractivity contribution in [3.05, 3.63) is 59.1 Å². The highest BCUT2D eigenvalue weighted by Crippen LogP contribution is 2.38. The number of hydrogen-bond acceptors (Lipinski definition) is 7. The van der Waals surface area contributed by atoms with E-state index >= 15 is 0 Å². The molecular weight excluding hydrogens is 545 g/mol. The fourth-order valence-electron chi connectivity index (χ4n) is 2.77. The van der Waals surface area contributed by atoms with Crippen LogP contribution in [0.1, 0.15) is 19.4 Å². The topological polar surface area (TPSA) is 92.3 Å². The Hall–Kier alpha value is -2.35. The van der Waals surface area contributed by atoms with Gasteiger partial charge in [-0.1, -0.05) is 66.7 Å². The van der Waals surface area contributed by atoms with Gasteiger partial charge in [-0.25, -0.2) is 8.42 Å². The average Bonchev–Trinajstić information content (AvgIpc) is 3.23. The fourth-order valence-corrected chi connectivity index (χ4v) is 6.17. The van der Waals surface area contributed by atoms with E-state index in [2.05, 4.69) is 15.5 Å². The second kappa shape index (κ2) is 11.1. The van der Waals surface area contributed by atoms with Crippen LogP contribution in [0.5, 0.6) is 0 Å². The van der Waals surface area contributed by atoms with Crippen LogP contribution in [-0.4, -0.2) is 36.8 Å². The molecule has 2 aromatic carbocycles. The van der Waals surface area contributed by atoms with Gasteiger partial charge >= 0.3 is 6.18 Å². The number of carbonyl (C=O) groups is 1. The Morgan fingerprint density at radius 1 is 1.17 bits per heavy atom. The van der Waals surface area contributed by atoms with E-state index in [0.717, 1.165) is 29.2 Å². The van der Waals surface area contributed by atoms with E-state index in [0.29, 0.717) is 20.6 Å². The lowest BCUT2D eigenvalue weighted by molar-refractivity contribution is -0.137. The summed E-state index contributed by atoms with van der Waals surface area (Å²) in [5.74, 6) is 0.410.